The minimum atomic E-state index is 0.767. The van der Waals surface area contributed by atoms with E-state index in [-0.39, 0.29) is 0 Å². The quantitative estimate of drug-likeness (QED) is 0.829. The molecule has 2 nitrogen and oxygen atoms in total. The number of nitrogens with zero attached hydrogens (tertiary/aromatic N) is 1. The van der Waals surface area contributed by atoms with Gasteiger partial charge in [0, 0.05) is 12.6 Å². The van der Waals surface area contributed by atoms with Gasteiger partial charge in [-0.1, -0.05) is 26.7 Å². The standard InChI is InChI=1S/C16H32N2/c1-14(2)15-7-6-11-18(12-9-15)13-16-8-4-3-5-10-17-16/h14-17H,3-13H2,1-2H3. The van der Waals surface area contributed by atoms with E-state index in [0.717, 1.165) is 17.9 Å². The average molecular weight is 252 g/mol. The van der Waals surface area contributed by atoms with Crippen molar-refractivity contribution in [2.75, 3.05) is 26.2 Å². The number of hydrogen-bond donors (Lipinski definition) is 1. The molecule has 18 heavy (non-hydrogen) atoms. The van der Waals surface area contributed by atoms with Gasteiger partial charge in [0.05, 0.1) is 0 Å². The zero-order chi connectivity index (χ0) is 12.8. The molecule has 0 aromatic rings. The van der Waals surface area contributed by atoms with Gasteiger partial charge in [-0.05, 0) is 63.6 Å². The van der Waals surface area contributed by atoms with E-state index in [9.17, 15) is 0 Å². The number of nitrogens with one attached hydrogen (secondary N) is 1. The van der Waals surface area contributed by atoms with Crippen LogP contribution in [0.1, 0.15) is 58.8 Å². The SMILES string of the molecule is CC(C)C1CCCN(CC2CCCCCN2)CC1. The molecule has 2 saturated heterocycles. The second kappa shape index (κ2) is 7.49. The molecule has 106 valence electrons. The van der Waals surface area contributed by atoms with Gasteiger partial charge in [0.2, 0.25) is 0 Å². The lowest BCUT2D eigenvalue weighted by Crippen LogP contribution is -2.41. The second-order valence-corrected chi connectivity index (χ2v) is 6.74. The third kappa shape index (κ3) is 4.55. The third-order valence-electron chi connectivity index (χ3n) is 4.95. The molecule has 2 heterocycles. The molecule has 1 N–H and O–H groups in total. The average Bonchev–Trinajstić information content (AvgIpc) is 2.72. The van der Waals surface area contributed by atoms with Gasteiger partial charge in [0.25, 0.3) is 0 Å². The summed E-state index contributed by atoms with van der Waals surface area (Å²) < 4.78 is 0. The fourth-order valence-corrected chi connectivity index (χ4v) is 3.60. The van der Waals surface area contributed by atoms with Gasteiger partial charge in [-0.25, -0.2) is 0 Å². The fourth-order valence-electron chi connectivity index (χ4n) is 3.60. The predicted octanol–water partition coefficient (Wildman–Crippen LogP) is 3.28. The number of rotatable bonds is 3. The Hall–Kier alpha value is -0.0800. The highest BCUT2D eigenvalue weighted by molar-refractivity contribution is 4.78. The first-order valence-electron chi connectivity index (χ1n) is 8.21. The van der Waals surface area contributed by atoms with Crippen molar-refractivity contribution in [2.45, 2.75) is 64.8 Å². The maximum absolute atomic E-state index is 3.74. The van der Waals surface area contributed by atoms with Crippen LogP contribution in [0, 0.1) is 11.8 Å². The summed E-state index contributed by atoms with van der Waals surface area (Å²) in [6.07, 6.45) is 9.92. The van der Waals surface area contributed by atoms with Crippen LogP contribution in [0.15, 0.2) is 0 Å². The molecule has 0 aromatic heterocycles. The molecule has 0 aromatic carbocycles. The molecule has 0 amide bonds. The first-order chi connectivity index (χ1) is 8.75. The fraction of sp³-hybridized carbons (Fsp3) is 1.00. The van der Waals surface area contributed by atoms with E-state index in [4.69, 9.17) is 0 Å². The van der Waals surface area contributed by atoms with Crippen molar-refractivity contribution >= 4 is 0 Å². The van der Waals surface area contributed by atoms with Gasteiger partial charge in [0.1, 0.15) is 0 Å². The summed E-state index contributed by atoms with van der Waals surface area (Å²) in [7, 11) is 0. The van der Waals surface area contributed by atoms with Crippen molar-refractivity contribution in [3.63, 3.8) is 0 Å². The summed E-state index contributed by atoms with van der Waals surface area (Å²) >= 11 is 0. The predicted molar refractivity (Wildman–Crippen MR) is 78.9 cm³/mol. The van der Waals surface area contributed by atoms with E-state index in [1.807, 2.05) is 0 Å². The van der Waals surface area contributed by atoms with E-state index in [1.165, 1.54) is 71.1 Å². The van der Waals surface area contributed by atoms with Crippen molar-refractivity contribution < 1.29 is 0 Å². The van der Waals surface area contributed by atoms with E-state index in [1.54, 1.807) is 0 Å². The summed E-state index contributed by atoms with van der Waals surface area (Å²) in [4.78, 5) is 2.73. The highest BCUT2D eigenvalue weighted by Crippen LogP contribution is 2.24. The molecule has 2 atom stereocenters. The summed E-state index contributed by atoms with van der Waals surface area (Å²) in [6.45, 7) is 10.0. The second-order valence-electron chi connectivity index (χ2n) is 6.74. The van der Waals surface area contributed by atoms with E-state index >= 15 is 0 Å². The molecular weight excluding hydrogens is 220 g/mol. The maximum Gasteiger partial charge on any atom is 0.0195 e. The molecular formula is C16H32N2. The molecule has 0 aliphatic carbocycles. The highest BCUT2D eigenvalue weighted by atomic mass is 15.1. The first-order valence-corrected chi connectivity index (χ1v) is 8.21. The van der Waals surface area contributed by atoms with Gasteiger partial charge < -0.3 is 10.2 Å². The zero-order valence-electron chi connectivity index (χ0n) is 12.5. The summed E-state index contributed by atoms with van der Waals surface area (Å²) in [5, 5.41) is 3.74. The molecule has 2 aliphatic heterocycles. The van der Waals surface area contributed by atoms with Gasteiger partial charge >= 0.3 is 0 Å². The Morgan fingerprint density at radius 3 is 2.72 bits per heavy atom. The molecule has 0 spiro atoms. The molecule has 0 bridgehead atoms. The highest BCUT2D eigenvalue weighted by Gasteiger charge is 2.21. The lowest BCUT2D eigenvalue weighted by Gasteiger charge is -2.26. The van der Waals surface area contributed by atoms with Crippen LogP contribution in [0.2, 0.25) is 0 Å². The molecule has 2 aliphatic rings. The van der Waals surface area contributed by atoms with Crippen molar-refractivity contribution in [3.8, 4) is 0 Å². The molecule has 2 unspecified atom stereocenters. The van der Waals surface area contributed by atoms with Crippen LogP contribution in [0.4, 0.5) is 0 Å². The Morgan fingerprint density at radius 2 is 1.89 bits per heavy atom. The Morgan fingerprint density at radius 1 is 1.00 bits per heavy atom. The van der Waals surface area contributed by atoms with Crippen LogP contribution in [0.25, 0.3) is 0 Å². The largest absolute Gasteiger partial charge is 0.313 e. The van der Waals surface area contributed by atoms with Crippen molar-refractivity contribution in [1.82, 2.24) is 10.2 Å². The van der Waals surface area contributed by atoms with Crippen LogP contribution in [0.5, 0.6) is 0 Å². The van der Waals surface area contributed by atoms with Crippen molar-refractivity contribution in [1.29, 1.82) is 0 Å². The van der Waals surface area contributed by atoms with Crippen LogP contribution in [-0.4, -0.2) is 37.1 Å². The third-order valence-corrected chi connectivity index (χ3v) is 4.95. The van der Waals surface area contributed by atoms with E-state index < -0.39 is 0 Å². The van der Waals surface area contributed by atoms with Crippen LogP contribution < -0.4 is 5.32 Å². The van der Waals surface area contributed by atoms with Crippen LogP contribution in [-0.2, 0) is 0 Å². The lowest BCUT2D eigenvalue weighted by molar-refractivity contribution is 0.240. The van der Waals surface area contributed by atoms with Crippen molar-refractivity contribution in [3.05, 3.63) is 0 Å². The molecule has 2 fully saturated rings. The normalized spacial score (nSPS) is 32.2. The maximum atomic E-state index is 3.74. The van der Waals surface area contributed by atoms with E-state index in [0.29, 0.717) is 0 Å². The van der Waals surface area contributed by atoms with Gasteiger partial charge in [-0.2, -0.15) is 0 Å². The minimum Gasteiger partial charge on any atom is -0.313 e. The van der Waals surface area contributed by atoms with Crippen molar-refractivity contribution in [2.24, 2.45) is 11.8 Å². The zero-order valence-corrected chi connectivity index (χ0v) is 12.5. The summed E-state index contributed by atoms with van der Waals surface area (Å²) in [5.74, 6) is 1.85. The number of hydrogen-bond acceptors (Lipinski definition) is 2. The Labute approximate surface area is 114 Å². The molecule has 0 radical (unpaired) electrons. The van der Waals surface area contributed by atoms with E-state index in [2.05, 4.69) is 24.1 Å². The smallest absolute Gasteiger partial charge is 0.0195 e. The van der Waals surface area contributed by atoms with Gasteiger partial charge in [-0.3, -0.25) is 0 Å². The Balaban J connectivity index is 1.75. The number of likely N-dealkylation sites (tertiary alicyclic amines) is 1. The van der Waals surface area contributed by atoms with Crippen LogP contribution >= 0.6 is 0 Å². The molecule has 2 rings (SSSR count). The summed E-state index contributed by atoms with van der Waals surface area (Å²) in [5.41, 5.74) is 0. The monoisotopic (exact) mass is 252 g/mol. The minimum absolute atomic E-state index is 0.767. The molecule has 2 heteroatoms. The topological polar surface area (TPSA) is 15.3 Å². The van der Waals surface area contributed by atoms with Gasteiger partial charge in [0.15, 0.2) is 0 Å². The Bertz CT molecular complexity index is 219. The van der Waals surface area contributed by atoms with Gasteiger partial charge in [-0.15, -0.1) is 0 Å². The lowest BCUT2D eigenvalue weighted by atomic mass is 9.89. The molecule has 0 saturated carbocycles. The summed E-state index contributed by atoms with van der Waals surface area (Å²) in [6, 6.07) is 0.767. The first kappa shape index (κ1) is 14.3. The van der Waals surface area contributed by atoms with Crippen LogP contribution in [0.3, 0.4) is 0 Å². The Kier molecular flexibility index (Phi) is 5.97.